The minimum Gasteiger partial charge on any atom is -0.383 e. The monoisotopic (exact) mass is 274 g/mol. The molecule has 4 nitrogen and oxygen atoms in total. The standard InChI is InChI=1S/C15H34N2O2/c1-7-8-14(13-16-15(2,3)4)17(9-11-18-5)10-12-19-6/h14,16H,7-13H2,1-6H3. The second-order valence-corrected chi connectivity index (χ2v) is 6.09. The van der Waals surface area contributed by atoms with E-state index in [1.54, 1.807) is 14.2 Å². The Kier molecular flexibility index (Phi) is 10.5. The van der Waals surface area contributed by atoms with E-state index in [2.05, 4.69) is 37.9 Å². The van der Waals surface area contributed by atoms with E-state index < -0.39 is 0 Å². The third-order valence-electron chi connectivity index (χ3n) is 3.17. The average Bonchev–Trinajstić information content (AvgIpc) is 2.34. The summed E-state index contributed by atoms with van der Waals surface area (Å²) >= 11 is 0. The number of methoxy groups -OCH3 is 2. The van der Waals surface area contributed by atoms with Crippen LogP contribution in [0.15, 0.2) is 0 Å². The van der Waals surface area contributed by atoms with Gasteiger partial charge in [0.25, 0.3) is 0 Å². The predicted octanol–water partition coefficient (Wildman–Crippen LogP) is 2.14. The number of nitrogens with one attached hydrogen (secondary N) is 1. The molecular formula is C15H34N2O2. The second-order valence-electron chi connectivity index (χ2n) is 6.09. The highest BCUT2D eigenvalue weighted by atomic mass is 16.5. The van der Waals surface area contributed by atoms with Crippen LogP contribution in [0, 0.1) is 0 Å². The summed E-state index contributed by atoms with van der Waals surface area (Å²) in [4.78, 5) is 2.48. The SMILES string of the molecule is CCCC(CNC(C)(C)C)N(CCOC)CCOC. The van der Waals surface area contributed by atoms with Crippen LogP contribution in [0.4, 0.5) is 0 Å². The molecule has 0 aromatic heterocycles. The molecule has 0 bridgehead atoms. The van der Waals surface area contributed by atoms with Crippen molar-refractivity contribution in [3.63, 3.8) is 0 Å². The van der Waals surface area contributed by atoms with Crippen molar-refractivity contribution in [2.24, 2.45) is 0 Å². The van der Waals surface area contributed by atoms with Crippen LogP contribution < -0.4 is 5.32 Å². The van der Waals surface area contributed by atoms with Gasteiger partial charge >= 0.3 is 0 Å². The average molecular weight is 274 g/mol. The largest absolute Gasteiger partial charge is 0.383 e. The van der Waals surface area contributed by atoms with Gasteiger partial charge in [0.2, 0.25) is 0 Å². The number of hydrogen-bond acceptors (Lipinski definition) is 4. The highest BCUT2D eigenvalue weighted by molar-refractivity contribution is 4.79. The van der Waals surface area contributed by atoms with Crippen molar-refractivity contribution >= 4 is 0 Å². The number of ether oxygens (including phenoxy) is 2. The third-order valence-corrected chi connectivity index (χ3v) is 3.17. The normalized spacial score (nSPS) is 14.1. The van der Waals surface area contributed by atoms with Crippen molar-refractivity contribution in [2.45, 2.75) is 52.1 Å². The van der Waals surface area contributed by atoms with Crippen LogP contribution in [-0.4, -0.2) is 63.5 Å². The van der Waals surface area contributed by atoms with Crippen molar-refractivity contribution in [2.75, 3.05) is 47.1 Å². The summed E-state index contributed by atoms with van der Waals surface area (Å²) in [5.74, 6) is 0. The lowest BCUT2D eigenvalue weighted by atomic mass is 10.1. The van der Waals surface area contributed by atoms with E-state index in [-0.39, 0.29) is 5.54 Å². The Morgan fingerprint density at radius 3 is 1.95 bits per heavy atom. The molecule has 1 unspecified atom stereocenters. The Morgan fingerprint density at radius 1 is 1.05 bits per heavy atom. The summed E-state index contributed by atoms with van der Waals surface area (Å²) in [6, 6.07) is 0.550. The lowest BCUT2D eigenvalue weighted by molar-refractivity contribution is 0.0812. The molecule has 0 heterocycles. The summed E-state index contributed by atoms with van der Waals surface area (Å²) in [6.45, 7) is 13.4. The molecule has 4 heteroatoms. The molecular weight excluding hydrogens is 240 g/mol. The number of hydrogen-bond donors (Lipinski definition) is 1. The maximum absolute atomic E-state index is 5.22. The van der Waals surface area contributed by atoms with E-state index in [9.17, 15) is 0 Å². The van der Waals surface area contributed by atoms with Gasteiger partial charge in [0.15, 0.2) is 0 Å². The predicted molar refractivity (Wildman–Crippen MR) is 81.8 cm³/mol. The number of rotatable bonds is 11. The highest BCUT2D eigenvalue weighted by Gasteiger charge is 2.19. The fraction of sp³-hybridized carbons (Fsp3) is 1.00. The highest BCUT2D eigenvalue weighted by Crippen LogP contribution is 2.09. The van der Waals surface area contributed by atoms with Gasteiger partial charge in [-0.05, 0) is 27.2 Å². The first kappa shape index (κ1) is 18.8. The summed E-state index contributed by atoms with van der Waals surface area (Å²) in [5, 5.41) is 3.62. The molecule has 0 aromatic carbocycles. The minimum absolute atomic E-state index is 0.167. The molecule has 0 aliphatic carbocycles. The van der Waals surface area contributed by atoms with Gasteiger partial charge in [0.05, 0.1) is 13.2 Å². The summed E-state index contributed by atoms with van der Waals surface area (Å²) < 4.78 is 10.4. The van der Waals surface area contributed by atoms with Crippen LogP contribution in [0.2, 0.25) is 0 Å². The lowest BCUT2D eigenvalue weighted by Crippen LogP contribution is -2.49. The molecule has 0 spiro atoms. The van der Waals surface area contributed by atoms with Gasteiger partial charge in [-0.2, -0.15) is 0 Å². The third kappa shape index (κ3) is 10.3. The maximum atomic E-state index is 5.22. The second kappa shape index (κ2) is 10.6. The Balaban J connectivity index is 4.44. The molecule has 0 amide bonds. The number of nitrogens with zero attached hydrogens (tertiary/aromatic N) is 1. The van der Waals surface area contributed by atoms with E-state index in [1.165, 1.54) is 12.8 Å². The molecule has 116 valence electrons. The molecule has 1 N–H and O–H groups in total. The molecule has 0 aromatic rings. The van der Waals surface area contributed by atoms with Gasteiger partial charge in [-0.25, -0.2) is 0 Å². The van der Waals surface area contributed by atoms with Crippen molar-refractivity contribution in [1.29, 1.82) is 0 Å². The quantitative estimate of drug-likeness (QED) is 0.626. The van der Waals surface area contributed by atoms with Gasteiger partial charge in [0, 0.05) is 45.4 Å². The van der Waals surface area contributed by atoms with Crippen LogP contribution in [0.5, 0.6) is 0 Å². The van der Waals surface area contributed by atoms with Crippen molar-refractivity contribution in [1.82, 2.24) is 10.2 Å². The molecule has 19 heavy (non-hydrogen) atoms. The molecule has 0 aliphatic rings. The zero-order valence-electron chi connectivity index (χ0n) is 13.8. The topological polar surface area (TPSA) is 33.7 Å². The first-order valence-corrected chi connectivity index (χ1v) is 7.41. The van der Waals surface area contributed by atoms with E-state index in [0.29, 0.717) is 6.04 Å². The summed E-state index contributed by atoms with van der Waals surface area (Å²) in [5.41, 5.74) is 0.167. The molecule has 0 fully saturated rings. The Labute approximate surface area is 119 Å². The first-order chi connectivity index (χ1) is 8.94. The fourth-order valence-electron chi connectivity index (χ4n) is 2.06. The molecule has 0 radical (unpaired) electrons. The van der Waals surface area contributed by atoms with E-state index in [4.69, 9.17) is 9.47 Å². The maximum Gasteiger partial charge on any atom is 0.0589 e. The molecule has 0 aliphatic heterocycles. The van der Waals surface area contributed by atoms with Crippen LogP contribution >= 0.6 is 0 Å². The molecule has 1 atom stereocenters. The zero-order chi connectivity index (χ0) is 14.7. The van der Waals surface area contributed by atoms with Gasteiger partial charge in [0.1, 0.15) is 0 Å². The van der Waals surface area contributed by atoms with E-state index >= 15 is 0 Å². The van der Waals surface area contributed by atoms with Gasteiger partial charge in [-0.15, -0.1) is 0 Å². The lowest BCUT2D eigenvalue weighted by Gasteiger charge is -2.34. The zero-order valence-corrected chi connectivity index (χ0v) is 13.8. The Bertz CT molecular complexity index is 197. The van der Waals surface area contributed by atoms with E-state index in [1.807, 2.05) is 0 Å². The van der Waals surface area contributed by atoms with Crippen molar-refractivity contribution < 1.29 is 9.47 Å². The Hall–Kier alpha value is -0.160. The van der Waals surface area contributed by atoms with Crippen molar-refractivity contribution in [3.05, 3.63) is 0 Å². The molecule has 0 saturated heterocycles. The van der Waals surface area contributed by atoms with Crippen LogP contribution in [0.1, 0.15) is 40.5 Å². The smallest absolute Gasteiger partial charge is 0.0589 e. The Morgan fingerprint density at radius 2 is 1.58 bits per heavy atom. The van der Waals surface area contributed by atoms with E-state index in [0.717, 1.165) is 32.8 Å². The minimum atomic E-state index is 0.167. The van der Waals surface area contributed by atoms with Gasteiger partial charge in [-0.1, -0.05) is 13.3 Å². The summed E-state index contributed by atoms with van der Waals surface area (Å²) in [7, 11) is 3.52. The van der Waals surface area contributed by atoms with Crippen LogP contribution in [0.3, 0.4) is 0 Å². The summed E-state index contributed by atoms with van der Waals surface area (Å²) in [6.07, 6.45) is 2.41. The van der Waals surface area contributed by atoms with Gasteiger partial charge in [-0.3, -0.25) is 4.90 Å². The first-order valence-electron chi connectivity index (χ1n) is 7.41. The van der Waals surface area contributed by atoms with Crippen LogP contribution in [-0.2, 0) is 9.47 Å². The fourth-order valence-corrected chi connectivity index (χ4v) is 2.06. The molecule has 0 rings (SSSR count). The van der Waals surface area contributed by atoms with Crippen molar-refractivity contribution in [3.8, 4) is 0 Å². The van der Waals surface area contributed by atoms with Gasteiger partial charge < -0.3 is 14.8 Å². The van der Waals surface area contributed by atoms with Crippen LogP contribution in [0.25, 0.3) is 0 Å². The molecule has 0 saturated carbocycles.